The molecule has 0 unspecified atom stereocenters. The number of rotatable bonds is 8. The zero-order valence-corrected chi connectivity index (χ0v) is 18.7. The molecule has 0 aliphatic heterocycles. The molecule has 0 bridgehead atoms. The van der Waals surface area contributed by atoms with Crippen LogP contribution in [0.15, 0.2) is 48.5 Å². The molecule has 31 heavy (non-hydrogen) atoms. The van der Waals surface area contributed by atoms with Crippen molar-refractivity contribution in [2.45, 2.75) is 59.5 Å². The molecule has 3 rings (SSSR count). The smallest absolute Gasteiger partial charge is 0.311 e. The Labute approximate surface area is 185 Å². The Balaban J connectivity index is 1.74. The van der Waals surface area contributed by atoms with Crippen molar-refractivity contribution in [2.24, 2.45) is 17.8 Å². The lowest BCUT2D eigenvalue weighted by Crippen LogP contribution is -2.28. The van der Waals surface area contributed by atoms with Crippen molar-refractivity contribution in [1.29, 1.82) is 0 Å². The van der Waals surface area contributed by atoms with Gasteiger partial charge in [0.2, 0.25) is 5.91 Å². The lowest BCUT2D eigenvalue weighted by atomic mass is 9.76. The third-order valence-corrected chi connectivity index (χ3v) is 6.06. The molecule has 1 saturated carbocycles. The average molecular weight is 424 g/mol. The average Bonchev–Trinajstić information content (AvgIpc) is 2.79. The summed E-state index contributed by atoms with van der Waals surface area (Å²) < 4.78 is 11.5. The van der Waals surface area contributed by atoms with Crippen molar-refractivity contribution in [3.05, 3.63) is 54.1 Å². The maximum atomic E-state index is 12.9. The number of esters is 1. The topological polar surface area (TPSA) is 64.6 Å². The molecule has 0 spiro atoms. The van der Waals surface area contributed by atoms with E-state index in [2.05, 4.69) is 19.2 Å². The van der Waals surface area contributed by atoms with Gasteiger partial charge in [0.05, 0.1) is 5.69 Å². The van der Waals surface area contributed by atoms with Crippen LogP contribution in [0.2, 0.25) is 0 Å². The van der Waals surface area contributed by atoms with Gasteiger partial charge in [0.1, 0.15) is 6.61 Å². The van der Waals surface area contributed by atoms with Crippen molar-refractivity contribution in [3.63, 3.8) is 0 Å². The summed E-state index contributed by atoms with van der Waals surface area (Å²) in [5.41, 5.74) is 1.48. The van der Waals surface area contributed by atoms with Crippen molar-refractivity contribution in [2.75, 3.05) is 5.32 Å². The normalized spacial score (nSPS) is 18.5. The number of hydrogen-bond donors (Lipinski definition) is 1. The monoisotopic (exact) mass is 423 g/mol. The van der Waals surface area contributed by atoms with Gasteiger partial charge >= 0.3 is 5.97 Å². The molecule has 1 aliphatic carbocycles. The largest absolute Gasteiger partial charge is 0.485 e. The Bertz CT molecular complexity index is 870. The minimum atomic E-state index is -0.372. The summed E-state index contributed by atoms with van der Waals surface area (Å²) in [6.07, 6.45) is 4.17. The summed E-state index contributed by atoms with van der Waals surface area (Å²) >= 11 is 0. The first-order valence-corrected chi connectivity index (χ1v) is 11.3. The lowest BCUT2D eigenvalue weighted by Gasteiger charge is -2.30. The molecular weight excluding hydrogens is 390 g/mol. The van der Waals surface area contributed by atoms with Gasteiger partial charge < -0.3 is 14.8 Å². The number of carbonyl (C=O) groups is 2. The van der Waals surface area contributed by atoms with E-state index in [0.29, 0.717) is 29.9 Å². The highest BCUT2D eigenvalue weighted by atomic mass is 16.6. The van der Waals surface area contributed by atoms with Gasteiger partial charge in [-0.1, -0.05) is 57.2 Å². The van der Waals surface area contributed by atoms with Crippen molar-refractivity contribution < 1.29 is 19.1 Å². The second-order valence-corrected chi connectivity index (χ2v) is 8.58. The van der Waals surface area contributed by atoms with Crippen LogP contribution in [0.5, 0.6) is 11.5 Å². The molecule has 0 atom stereocenters. The Morgan fingerprint density at radius 2 is 1.71 bits per heavy atom. The predicted molar refractivity (Wildman–Crippen MR) is 122 cm³/mol. The fraction of sp³-hybridized carbons (Fsp3) is 0.462. The number of benzene rings is 2. The summed E-state index contributed by atoms with van der Waals surface area (Å²) in [4.78, 5) is 25.0. The van der Waals surface area contributed by atoms with Crippen LogP contribution >= 0.6 is 0 Å². The summed E-state index contributed by atoms with van der Waals surface area (Å²) in [5.74, 6) is 1.65. The summed E-state index contributed by atoms with van der Waals surface area (Å²) in [6, 6.07) is 15.1. The van der Waals surface area contributed by atoms with Gasteiger partial charge in [0, 0.05) is 12.3 Å². The summed E-state index contributed by atoms with van der Waals surface area (Å²) in [6.45, 7) is 6.58. The molecule has 0 saturated heterocycles. The molecule has 0 radical (unpaired) electrons. The molecule has 166 valence electrons. The molecule has 1 aliphatic rings. The van der Waals surface area contributed by atoms with E-state index in [-0.39, 0.29) is 30.0 Å². The highest BCUT2D eigenvalue weighted by Gasteiger charge is 2.28. The minimum Gasteiger partial charge on any atom is -0.485 e. The van der Waals surface area contributed by atoms with Gasteiger partial charge in [0.15, 0.2) is 11.5 Å². The first kappa shape index (κ1) is 22.9. The lowest BCUT2D eigenvalue weighted by molar-refractivity contribution is -0.134. The molecule has 2 aromatic carbocycles. The number of para-hydroxylation sites is 1. The zero-order valence-electron chi connectivity index (χ0n) is 18.7. The van der Waals surface area contributed by atoms with Crippen LogP contribution in [-0.2, 0) is 16.2 Å². The van der Waals surface area contributed by atoms with E-state index in [1.165, 1.54) is 0 Å². The quantitative estimate of drug-likeness (QED) is 0.419. The van der Waals surface area contributed by atoms with E-state index in [4.69, 9.17) is 9.47 Å². The second kappa shape index (κ2) is 11.0. The molecule has 2 aromatic rings. The first-order chi connectivity index (χ1) is 15.0. The van der Waals surface area contributed by atoms with Crippen LogP contribution in [0.4, 0.5) is 5.69 Å². The van der Waals surface area contributed by atoms with Crippen LogP contribution in [-0.4, -0.2) is 11.9 Å². The first-order valence-electron chi connectivity index (χ1n) is 11.3. The van der Waals surface area contributed by atoms with Crippen molar-refractivity contribution >= 4 is 17.6 Å². The van der Waals surface area contributed by atoms with Crippen LogP contribution in [0.25, 0.3) is 0 Å². The number of hydrogen-bond acceptors (Lipinski definition) is 4. The predicted octanol–water partition coefficient (Wildman–Crippen LogP) is 5.98. The molecule has 1 N–H and O–H groups in total. The molecule has 0 aromatic heterocycles. The van der Waals surface area contributed by atoms with Gasteiger partial charge in [-0.25, -0.2) is 0 Å². The maximum Gasteiger partial charge on any atom is 0.311 e. The third-order valence-electron chi connectivity index (χ3n) is 6.06. The Morgan fingerprint density at radius 1 is 1.00 bits per heavy atom. The third kappa shape index (κ3) is 6.33. The van der Waals surface area contributed by atoms with E-state index in [1.807, 2.05) is 30.3 Å². The van der Waals surface area contributed by atoms with E-state index in [1.54, 1.807) is 25.1 Å². The van der Waals surface area contributed by atoms with E-state index >= 15 is 0 Å². The fourth-order valence-corrected chi connectivity index (χ4v) is 4.04. The summed E-state index contributed by atoms with van der Waals surface area (Å²) in [5, 5.41) is 3.00. The maximum absolute atomic E-state index is 12.9. The number of amides is 1. The molecule has 1 fully saturated rings. The zero-order chi connectivity index (χ0) is 22.2. The molecule has 0 heterocycles. The minimum absolute atomic E-state index is 0.0152. The standard InChI is InChI=1S/C26H33NO4/c1-4-24(28)31-25-22(27-26(29)21-15-13-20(14-16-21)18(2)3)11-8-12-23(25)30-17-19-9-6-5-7-10-19/h5-12,18,20-21H,4,13-17H2,1-3H3,(H,27,29). The fourth-order valence-electron chi connectivity index (χ4n) is 4.04. The van der Waals surface area contributed by atoms with E-state index in [0.717, 1.165) is 31.2 Å². The molecular formula is C26H33NO4. The van der Waals surface area contributed by atoms with Gasteiger partial charge in [-0.15, -0.1) is 0 Å². The second-order valence-electron chi connectivity index (χ2n) is 8.58. The highest BCUT2D eigenvalue weighted by Crippen LogP contribution is 2.38. The Morgan fingerprint density at radius 3 is 2.35 bits per heavy atom. The number of ether oxygens (including phenoxy) is 2. The van der Waals surface area contributed by atoms with Crippen LogP contribution in [0, 0.1) is 17.8 Å². The van der Waals surface area contributed by atoms with Crippen molar-refractivity contribution in [3.8, 4) is 11.5 Å². The van der Waals surface area contributed by atoms with Gasteiger partial charge in [-0.3, -0.25) is 9.59 Å². The van der Waals surface area contributed by atoms with E-state index in [9.17, 15) is 9.59 Å². The molecule has 5 heteroatoms. The molecule has 1 amide bonds. The van der Waals surface area contributed by atoms with Crippen LogP contribution < -0.4 is 14.8 Å². The van der Waals surface area contributed by atoms with Crippen LogP contribution in [0.3, 0.4) is 0 Å². The van der Waals surface area contributed by atoms with E-state index < -0.39 is 0 Å². The number of nitrogens with one attached hydrogen (secondary N) is 1. The SMILES string of the molecule is CCC(=O)Oc1c(NC(=O)C2CCC(C(C)C)CC2)cccc1OCc1ccccc1. The van der Waals surface area contributed by atoms with Gasteiger partial charge in [-0.05, 0) is 55.2 Å². The van der Waals surface area contributed by atoms with Gasteiger partial charge in [-0.2, -0.15) is 0 Å². The van der Waals surface area contributed by atoms with Crippen LogP contribution in [0.1, 0.15) is 58.4 Å². The Hall–Kier alpha value is -2.82. The summed E-state index contributed by atoms with van der Waals surface area (Å²) in [7, 11) is 0. The highest BCUT2D eigenvalue weighted by molar-refractivity contribution is 5.95. The molecule has 5 nitrogen and oxygen atoms in total. The van der Waals surface area contributed by atoms with Gasteiger partial charge in [0.25, 0.3) is 0 Å². The Kier molecular flexibility index (Phi) is 8.10. The number of carbonyl (C=O) groups excluding carboxylic acids is 2. The number of anilines is 1. The van der Waals surface area contributed by atoms with Crippen molar-refractivity contribution in [1.82, 2.24) is 0 Å².